The van der Waals surface area contributed by atoms with Crippen molar-refractivity contribution in [1.29, 1.82) is 0 Å². The van der Waals surface area contributed by atoms with Crippen molar-refractivity contribution in [3.63, 3.8) is 0 Å². The van der Waals surface area contributed by atoms with E-state index in [0.29, 0.717) is 21.9 Å². The Balaban J connectivity index is 1.71. The summed E-state index contributed by atoms with van der Waals surface area (Å²) < 4.78 is 5.73. The number of carboxylic acid groups (broad SMARTS) is 1. The van der Waals surface area contributed by atoms with Crippen LogP contribution >= 0.6 is 11.6 Å². The van der Waals surface area contributed by atoms with E-state index >= 15 is 0 Å². The van der Waals surface area contributed by atoms with E-state index in [4.69, 9.17) is 16.3 Å². The highest BCUT2D eigenvalue weighted by Crippen LogP contribution is 2.34. The minimum atomic E-state index is -1.25. The number of carbonyl (C=O) groups is 1. The monoisotopic (exact) mass is 405 g/mol. The van der Waals surface area contributed by atoms with Gasteiger partial charge in [-0.3, -0.25) is 0 Å². The molecule has 0 aliphatic rings. The number of imidazole rings is 1. The van der Waals surface area contributed by atoms with Gasteiger partial charge >= 0.3 is 0 Å². The summed E-state index contributed by atoms with van der Waals surface area (Å²) in [6, 6.07) is 14.9. The topological polar surface area (TPSA) is 78.0 Å². The van der Waals surface area contributed by atoms with Crippen LogP contribution in [0.5, 0.6) is 11.8 Å². The molecule has 4 aromatic rings. The van der Waals surface area contributed by atoms with E-state index < -0.39 is 5.97 Å². The van der Waals surface area contributed by atoms with E-state index in [2.05, 4.69) is 35.9 Å². The van der Waals surface area contributed by atoms with Crippen LogP contribution in [0.15, 0.2) is 48.5 Å². The summed E-state index contributed by atoms with van der Waals surface area (Å²) >= 11 is 6.51. The standard InChI is InChI=1S/C23H19ClN2O3/c1-12-4-6-15(8-14(12)3)18-10-20-21(11-19(18)24)26-23(25-20)29-16-7-5-13(2)17(9-16)22(27)28/h4-11H,1-3H3,(H,25,26)(H,27,28)/p-1. The van der Waals surface area contributed by atoms with Crippen LogP contribution in [-0.4, -0.2) is 15.9 Å². The first-order valence-corrected chi connectivity index (χ1v) is 9.46. The number of fused-ring (bicyclic) bond motifs is 1. The van der Waals surface area contributed by atoms with Gasteiger partial charge in [-0.2, -0.15) is 4.98 Å². The number of H-pyrrole nitrogens is 1. The Morgan fingerprint density at radius 1 is 1.00 bits per heavy atom. The van der Waals surface area contributed by atoms with Gasteiger partial charge in [0, 0.05) is 11.1 Å². The summed E-state index contributed by atoms with van der Waals surface area (Å²) in [5.41, 5.74) is 6.42. The zero-order valence-electron chi connectivity index (χ0n) is 16.2. The van der Waals surface area contributed by atoms with Crippen LogP contribution in [0.1, 0.15) is 27.0 Å². The predicted octanol–water partition coefficient (Wildman–Crippen LogP) is 4.96. The zero-order chi connectivity index (χ0) is 20.7. The predicted molar refractivity (Wildman–Crippen MR) is 112 cm³/mol. The van der Waals surface area contributed by atoms with E-state index in [9.17, 15) is 9.90 Å². The second kappa shape index (κ2) is 7.26. The Morgan fingerprint density at radius 2 is 1.76 bits per heavy atom. The molecule has 0 unspecified atom stereocenters. The van der Waals surface area contributed by atoms with Crippen LogP contribution < -0.4 is 9.84 Å². The molecule has 0 spiro atoms. The van der Waals surface area contributed by atoms with Gasteiger partial charge in [0.15, 0.2) is 0 Å². The number of ether oxygens (including phenoxy) is 1. The number of benzene rings is 3. The van der Waals surface area contributed by atoms with Gasteiger partial charge in [-0.1, -0.05) is 35.9 Å². The number of rotatable bonds is 4. The maximum absolute atomic E-state index is 11.2. The minimum absolute atomic E-state index is 0.0821. The Bertz CT molecular complexity index is 1260. The molecule has 1 N–H and O–H groups in total. The van der Waals surface area contributed by atoms with E-state index in [-0.39, 0.29) is 11.6 Å². The number of nitrogens with one attached hydrogen (secondary N) is 1. The number of nitrogens with zero attached hydrogens (tertiary/aromatic N) is 1. The molecule has 146 valence electrons. The summed E-state index contributed by atoms with van der Waals surface area (Å²) in [6.07, 6.45) is 0. The molecule has 0 atom stereocenters. The Hall–Kier alpha value is -3.31. The summed E-state index contributed by atoms with van der Waals surface area (Å²) in [4.78, 5) is 18.8. The molecule has 6 heteroatoms. The molecular formula is C23H18ClN2O3-. The van der Waals surface area contributed by atoms with Gasteiger partial charge in [-0.25, -0.2) is 0 Å². The third kappa shape index (κ3) is 3.69. The summed E-state index contributed by atoms with van der Waals surface area (Å²) in [6.45, 7) is 5.83. The molecule has 29 heavy (non-hydrogen) atoms. The second-order valence-electron chi connectivity index (χ2n) is 7.06. The van der Waals surface area contributed by atoms with E-state index in [1.807, 2.05) is 18.2 Å². The van der Waals surface area contributed by atoms with Crippen molar-refractivity contribution in [3.8, 4) is 22.9 Å². The van der Waals surface area contributed by atoms with Crippen molar-refractivity contribution in [2.45, 2.75) is 20.8 Å². The highest BCUT2D eigenvalue weighted by Gasteiger charge is 2.12. The largest absolute Gasteiger partial charge is 0.545 e. The van der Waals surface area contributed by atoms with Gasteiger partial charge in [0.2, 0.25) is 0 Å². The number of hydrogen-bond donors (Lipinski definition) is 1. The van der Waals surface area contributed by atoms with Gasteiger partial charge < -0.3 is 19.6 Å². The molecule has 4 rings (SSSR count). The number of aromatic amines is 1. The zero-order valence-corrected chi connectivity index (χ0v) is 16.9. The lowest BCUT2D eigenvalue weighted by Gasteiger charge is -2.09. The molecule has 3 aromatic carbocycles. The second-order valence-corrected chi connectivity index (χ2v) is 7.46. The highest BCUT2D eigenvalue weighted by atomic mass is 35.5. The van der Waals surface area contributed by atoms with Crippen molar-refractivity contribution >= 4 is 28.6 Å². The molecule has 5 nitrogen and oxygen atoms in total. The third-order valence-electron chi connectivity index (χ3n) is 5.01. The number of carbonyl (C=O) groups excluding carboxylic acids is 1. The molecule has 0 radical (unpaired) electrons. The lowest BCUT2D eigenvalue weighted by atomic mass is 10.00. The molecule has 0 saturated heterocycles. The Morgan fingerprint density at radius 3 is 2.48 bits per heavy atom. The van der Waals surface area contributed by atoms with Crippen molar-refractivity contribution < 1.29 is 14.6 Å². The molecule has 0 amide bonds. The fourth-order valence-electron chi connectivity index (χ4n) is 3.18. The molecule has 1 heterocycles. The molecule has 0 aliphatic heterocycles. The number of aromatic nitrogens is 2. The fraction of sp³-hybridized carbons (Fsp3) is 0.130. The molecule has 0 aliphatic carbocycles. The molecular weight excluding hydrogens is 388 g/mol. The average Bonchev–Trinajstić information content (AvgIpc) is 3.05. The van der Waals surface area contributed by atoms with Gasteiger partial charge in [0.05, 0.1) is 22.0 Å². The molecule has 0 saturated carbocycles. The van der Waals surface area contributed by atoms with Crippen LogP contribution in [0.3, 0.4) is 0 Å². The quantitative estimate of drug-likeness (QED) is 0.520. The maximum Gasteiger partial charge on any atom is 0.300 e. The Labute approximate surface area is 172 Å². The average molecular weight is 406 g/mol. The number of hydrogen-bond acceptors (Lipinski definition) is 4. The molecule has 0 fully saturated rings. The highest BCUT2D eigenvalue weighted by molar-refractivity contribution is 6.34. The van der Waals surface area contributed by atoms with Crippen LogP contribution in [-0.2, 0) is 0 Å². The molecule has 1 aromatic heterocycles. The van der Waals surface area contributed by atoms with E-state index in [1.165, 1.54) is 17.2 Å². The van der Waals surface area contributed by atoms with Crippen molar-refractivity contribution in [2.24, 2.45) is 0 Å². The maximum atomic E-state index is 11.2. The number of aromatic carboxylic acids is 1. The van der Waals surface area contributed by atoms with Crippen LogP contribution in [0.4, 0.5) is 0 Å². The van der Waals surface area contributed by atoms with Crippen LogP contribution in [0.2, 0.25) is 5.02 Å². The summed E-state index contributed by atoms with van der Waals surface area (Å²) in [5.74, 6) is -0.892. The SMILES string of the molecule is Cc1ccc(-c2cc3nc(Oc4ccc(C)c(C(=O)[O-])c4)[nH]c3cc2Cl)cc1C. The smallest absolute Gasteiger partial charge is 0.300 e. The third-order valence-corrected chi connectivity index (χ3v) is 5.32. The van der Waals surface area contributed by atoms with Crippen molar-refractivity contribution in [2.75, 3.05) is 0 Å². The van der Waals surface area contributed by atoms with Gasteiger partial charge in [-0.15, -0.1) is 0 Å². The first-order chi connectivity index (χ1) is 13.8. The number of carboxylic acids is 1. The summed E-state index contributed by atoms with van der Waals surface area (Å²) in [7, 11) is 0. The van der Waals surface area contributed by atoms with Crippen LogP contribution in [0.25, 0.3) is 22.2 Å². The van der Waals surface area contributed by atoms with Crippen LogP contribution in [0, 0.1) is 20.8 Å². The number of aryl methyl sites for hydroxylation is 3. The first-order valence-electron chi connectivity index (χ1n) is 9.08. The Kier molecular flexibility index (Phi) is 4.76. The fourth-order valence-corrected chi connectivity index (χ4v) is 3.45. The normalized spacial score (nSPS) is 11.0. The lowest BCUT2D eigenvalue weighted by Crippen LogP contribution is -2.23. The van der Waals surface area contributed by atoms with E-state index in [1.54, 1.807) is 19.1 Å². The van der Waals surface area contributed by atoms with Gasteiger partial charge in [0.25, 0.3) is 6.01 Å². The van der Waals surface area contributed by atoms with Gasteiger partial charge in [0.1, 0.15) is 5.75 Å². The van der Waals surface area contributed by atoms with Gasteiger partial charge in [-0.05, 0) is 67.3 Å². The molecule has 0 bridgehead atoms. The summed E-state index contributed by atoms with van der Waals surface area (Å²) in [5, 5.41) is 11.8. The lowest BCUT2D eigenvalue weighted by molar-refractivity contribution is -0.255. The number of halogens is 1. The van der Waals surface area contributed by atoms with E-state index in [0.717, 1.165) is 16.6 Å². The first kappa shape index (κ1) is 19.0. The minimum Gasteiger partial charge on any atom is -0.545 e. The van der Waals surface area contributed by atoms with Crippen molar-refractivity contribution in [3.05, 3.63) is 75.8 Å². The van der Waals surface area contributed by atoms with Crippen molar-refractivity contribution in [1.82, 2.24) is 9.97 Å².